The van der Waals surface area contributed by atoms with Crippen molar-refractivity contribution in [1.29, 1.82) is 0 Å². The molecule has 1 aliphatic carbocycles. The van der Waals surface area contributed by atoms with E-state index in [2.05, 4.69) is 49.5 Å². The van der Waals surface area contributed by atoms with Crippen LogP contribution >= 0.6 is 0 Å². The van der Waals surface area contributed by atoms with Crippen molar-refractivity contribution < 1.29 is 4.79 Å². The first-order valence-electron chi connectivity index (χ1n) is 10.5. The Balaban J connectivity index is 1.67. The minimum atomic E-state index is -0.195. The number of Topliss-reactive ketones (excluding diaryl/α,β-unsaturated/α-hetero) is 1. The Labute approximate surface area is 168 Å². The van der Waals surface area contributed by atoms with Crippen molar-refractivity contribution >= 4 is 16.8 Å². The first kappa shape index (κ1) is 20.3. The molecule has 3 nitrogen and oxygen atoms in total. The van der Waals surface area contributed by atoms with Gasteiger partial charge in [-0.3, -0.25) is 4.79 Å². The van der Waals surface area contributed by atoms with Gasteiger partial charge < -0.3 is 4.98 Å². The molecule has 1 fully saturated rings. The van der Waals surface area contributed by atoms with Gasteiger partial charge in [0.05, 0.1) is 17.0 Å². The highest BCUT2D eigenvalue weighted by atomic mass is 16.1. The number of rotatable bonds is 9. The van der Waals surface area contributed by atoms with Crippen molar-refractivity contribution in [1.82, 2.24) is 9.97 Å². The second-order valence-corrected chi connectivity index (χ2v) is 8.01. The van der Waals surface area contributed by atoms with Crippen molar-refractivity contribution in [3.63, 3.8) is 0 Å². The van der Waals surface area contributed by atoms with Crippen molar-refractivity contribution in [3.8, 4) is 0 Å². The van der Waals surface area contributed by atoms with Crippen LogP contribution in [0.5, 0.6) is 0 Å². The molecule has 1 aliphatic rings. The molecule has 0 radical (unpaired) electrons. The van der Waals surface area contributed by atoms with Crippen LogP contribution in [0.25, 0.3) is 11.0 Å². The molecule has 2 aromatic rings. The van der Waals surface area contributed by atoms with Crippen molar-refractivity contribution in [2.75, 3.05) is 0 Å². The number of imidazole rings is 1. The molecule has 1 saturated carbocycles. The number of fused-ring (bicyclic) bond motifs is 1. The van der Waals surface area contributed by atoms with Gasteiger partial charge in [0, 0.05) is 5.92 Å². The standard InChI is InChI=1S/C25H32N2O/c1-6-18(7-2)19(8-3)14-13-16(4)20-15-21(20)24(28)17(5)25-26-22-11-9-10-12-23(22)27-25/h8-14,17-18,20-21H,3,6-7,15H2,1-2,4-5H3,(H,26,27). The lowest BCUT2D eigenvalue weighted by molar-refractivity contribution is -0.121. The van der Waals surface area contributed by atoms with Crippen LogP contribution in [0.3, 0.4) is 0 Å². The number of nitrogens with zero attached hydrogens (tertiary/aromatic N) is 1. The molecule has 1 N–H and O–H groups in total. The van der Waals surface area contributed by atoms with E-state index in [1.54, 1.807) is 0 Å². The second-order valence-electron chi connectivity index (χ2n) is 8.01. The van der Waals surface area contributed by atoms with Gasteiger partial charge in [-0.2, -0.15) is 0 Å². The summed E-state index contributed by atoms with van der Waals surface area (Å²) in [4.78, 5) is 20.9. The van der Waals surface area contributed by atoms with Crippen LogP contribution in [0.2, 0.25) is 0 Å². The summed E-state index contributed by atoms with van der Waals surface area (Å²) in [5.41, 5.74) is 4.50. The smallest absolute Gasteiger partial charge is 0.146 e. The Kier molecular flexibility index (Phi) is 6.33. The van der Waals surface area contributed by atoms with Gasteiger partial charge in [0.2, 0.25) is 0 Å². The molecule has 0 bridgehead atoms. The maximum atomic E-state index is 13.0. The number of carbonyl (C=O) groups excluding carboxylic acids is 1. The normalized spacial score (nSPS) is 21.2. The van der Waals surface area contributed by atoms with E-state index in [4.69, 9.17) is 0 Å². The van der Waals surface area contributed by atoms with Gasteiger partial charge in [-0.15, -0.1) is 0 Å². The van der Waals surface area contributed by atoms with Gasteiger partial charge in [0.15, 0.2) is 0 Å². The molecule has 1 heterocycles. The van der Waals surface area contributed by atoms with Crippen molar-refractivity contribution in [3.05, 3.63) is 66.0 Å². The fourth-order valence-corrected chi connectivity index (χ4v) is 4.13. The van der Waals surface area contributed by atoms with E-state index < -0.39 is 0 Å². The highest BCUT2D eigenvalue weighted by Crippen LogP contribution is 2.47. The molecule has 3 atom stereocenters. The second kappa shape index (κ2) is 8.72. The number of benzene rings is 1. The summed E-state index contributed by atoms with van der Waals surface area (Å²) in [7, 11) is 0. The van der Waals surface area contributed by atoms with Crippen LogP contribution in [0.1, 0.15) is 58.7 Å². The minimum Gasteiger partial charge on any atom is -0.341 e. The maximum absolute atomic E-state index is 13.0. The lowest BCUT2D eigenvalue weighted by atomic mass is 9.93. The lowest BCUT2D eigenvalue weighted by Gasteiger charge is -2.13. The van der Waals surface area contributed by atoms with E-state index in [9.17, 15) is 4.79 Å². The fourth-order valence-electron chi connectivity index (χ4n) is 4.13. The van der Waals surface area contributed by atoms with Crippen molar-refractivity contribution in [2.45, 2.75) is 52.9 Å². The van der Waals surface area contributed by atoms with Crippen LogP contribution in [0, 0.1) is 17.8 Å². The van der Waals surface area contributed by atoms with Crippen LogP contribution in [-0.4, -0.2) is 15.8 Å². The largest absolute Gasteiger partial charge is 0.341 e. The summed E-state index contributed by atoms with van der Waals surface area (Å²) in [5.74, 6) is 1.92. The number of H-pyrrole nitrogens is 1. The summed E-state index contributed by atoms with van der Waals surface area (Å²) in [6.45, 7) is 12.5. The number of hydrogen-bond acceptors (Lipinski definition) is 2. The third kappa shape index (κ3) is 4.19. The Morgan fingerprint density at radius 3 is 2.61 bits per heavy atom. The highest BCUT2D eigenvalue weighted by molar-refractivity contribution is 5.90. The topological polar surface area (TPSA) is 45.8 Å². The van der Waals surface area contributed by atoms with Gasteiger partial charge >= 0.3 is 0 Å². The third-order valence-corrected chi connectivity index (χ3v) is 6.22. The molecular weight excluding hydrogens is 344 g/mol. The fraction of sp³-hybridized carbons (Fsp3) is 0.440. The summed E-state index contributed by atoms with van der Waals surface area (Å²) >= 11 is 0. The van der Waals surface area contributed by atoms with Gasteiger partial charge in [-0.1, -0.05) is 56.4 Å². The van der Waals surface area contributed by atoms with Gasteiger partial charge in [0.1, 0.15) is 11.6 Å². The Morgan fingerprint density at radius 1 is 1.25 bits per heavy atom. The number of aromatic nitrogens is 2. The summed E-state index contributed by atoms with van der Waals surface area (Å²) in [6.07, 6.45) is 9.57. The Morgan fingerprint density at radius 2 is 1.96 bits per heavy atom. The zero-order valence-electron chi connectivity index (χ0n) is 17.5. The number of para-hydroxylation sites is 2. The average molecular weight is 377 g/mol. The molecule has 0 spiro atoms. The van der Waals surface area contributed by atoms with E-state index in [-0.39, 0.29) is 11.8 Å². The van der Waals surface area contributed by atoms with E-state index in [1.165, 1.54) is 11.1 Å². The predicted octanol–water partition coefficient (Wildman–Crippen LogP) is 6.37. The quantitative estimate of drug-likeness (QED) is 0.517. The molecule has 1 aromatic carbocycles. The number of ketones is 1. The number of aromatic amines is 1. The first-order valence-corrected chi connectivity index (χ1v) is 10.5. The Hall–Kier alpha value is -2.42. The molecule has 0 saturated heterocycles. The highest BCUT2D eigenvalue weighted by Gasteiger charge is 2.45. The molecule has 28 heavy (non-hydrogen) atoms. The molecule has 3 heteroatoms. The number of nitrogens with one attached hydrogen (secondary N) is 1. The van der Waals surface area contributed by atoms with E-state index in [0.29, 0.717) is 17.6 Å². The summed E-state index contributed by atoms with van der Waals surface area (Å²) < 4.78 is 0. The van der Waals surface area contributed by atoms with Gasteiger partial charge in [-0.05, 0) is 62.7 Å². The molecule has 3 rings (SSSR count). The molecule has 3 unspecified atom stereocenters. The van der Waals surface area contributed by atoms with Crippen LogP contribution in [-0.2, 0) is 4.79 Å². The van der Waals surface area contributed by atoms with Crippen LogP contribution < -0.4 is 0 Å². The monoisotopic (exact) mass is 376 g/mol. The summed E-state index contributed by atoms with van der Waals surface area (Å²) in [6, 6.07) is 7.92. The van der Waals surface area contributed by atoms with Gasteiger partial charge in [-0.25, -0.2) is 4.98 Å². The first-order chi connectivity index (χ1) is 13.5. The molecule has 0 amide bonds. The predicted molar refractivity (Wildman–Crippen MR) is 117 cm³/mol. The number of hydrogen-bond donors (Lipinski definition) is 1. The van der Waals surface area contributed by atoms with E-state index >= 15 is 0 Å². The zero-order chi connectivity index (χ0) is 20.3. The molecule has 0 aliphatic heterocycles. The number of carbonyl (C=O) groups is 1. The SMILES string of the molecule is C=CC(=CC=C(C)C1CC1C(=O)C(C)c1nc2ccccc2[nH]1)C(CC)CC. The number of allylic oxidation sites excluding steroid dienone is 5. The summed E-state index contributed by atoms with van der Waals surface area (Å²) in [5, 5.41) is 0. The molecular formula is C25H32N2O. The molecule has 1 aromatic heterocycles. The average Bonchev–Trinajstić information content (AvgIpc) is 3.40. The maximum Gasteiger partial charge on any atom is 0.146 e. The van der Waals surface area contributed by atoms with E-state index in [1.807, 2.05) is 37.3 Å². The lowest BCUT2D eigenvalue weighted by Crippen LogP contribution is -2.14. The van der Waals surface area contributed by atoms with E-state index in [0.717, 1.165) is 36.1 Å². The zero-order valence-corrected chi connectivity index (χ0v) is 17.5. The van der Waals surface area contributed by atoms with Crippen LogP contribution in [0.15, 0.2) is 60.2 Å². The van der Waals surface area contributed by atoms with Crippen LogP contribution in [0.4, 0.5) is 0 Å². The molecule has 148 valence electrons. The Bertz CT molecular complexity index is 881. The third-order valence-electron chi connectivity index (χ3n) is 6.22. The van der Waals surface area contributed by atoms with Crippen molar-refractivity contribution in [2.24, 2.45) is 17.8 Å². The van der Waals surface area contributed by atoms with Gasteiger partial charge in [0.25, 0.3) is 0 Å². The minimum absolute atomic E-state index is 0.119.